The summed E-state index contributed by atoms with van der Waals surface area (Å²) in [7, 11) is 0. The molecule has 1 aromatic carbocycles. The molecule has 0 radical (unpaired) electrons. The van der Waals surface area contributed by atoms with Crippen molar-refractivity contribution in [3.63, 3.8) is 0 Å². The number of benzene rings is 1. The predicted octanol–water partition coefficient (Wildman–Crippen LogP) is 0.0809. The van der Waals surface area contributed by atoms with Crippen LogP contribution in [0.25, 0.3) is 0 Å². The first-order valence-electron chi connectivity index (χ1n) is 4.44. The largest absolute Gasteiger partial charge is 0.480 e. The number of carbonyl (C=O) groups is 2. The van der Waals surface area contributed by atoms with E-state index in [2.05, 4.69) is 5.32 Å². The highest BCUT2D eigenvalue weighted by Gasteiger charge is 2.08. The zero-order chi connectivity index (χ0) is 12.1. The van der Waals surface area contributed by atoms with Crippen LogP contribution in [0.5, 0.6) is 0 Å². The van der Waals surface area contributed by atoms with Crippen molar-refractivity contribution in [2.75, 3.05) is 12.3 Å². The van der Waals surface area contributed by atoms with E-state index in [4.69, 9.17) is 16.2 Å². The molecule has 0 aliphatic heterocycles. The Labute approximate surface area is 91.6 Å². The van der Waals surface area contributed by atoms with Gasteiger partial charge in [-0.25, -0.2) is 0 Å². The zero-order valence-electron chi connectivity index (χ0n) is 8.36. The van der Waals surface area contributed by atoms with Crippen LogP contribution in [0.3, 0.4) is 0 Å². The molecule has 0 aromatic heterocycles. The lowest BCUT2D eigenvalue weighted by atomic mass is 10.1. The van der Waals surface area contributed by atoms with Crippen LogP contribution in [0.4, 0.5) is 5.69 Å². The molecular formula is C10H11N3O3. The van der Waals surface area contributed by atoms with Gasteiger partial charge in [0.05, 0.1) is 0 Å². The van der Waals surface area contributed by atoms with Gasteiger partial charge in [0.25, 0.3) is 5.91 Å². The van der Waals surface area contributed by atoms with Gasteiger partial charge in [-0.2, -0.15) is 0 Å². The van der Waals surface area contributed by atoms with Crippen LogP contribution in [-0.4, -0.2) is 29.7 Å². The van der Waals surface area contributed by atoms with Crippen molar-refractivity contribution in [1.82, 2.24) is 5.32 Å². The normalized spacial score (nSPS) is 9.50. The topological polar surface area (TPSA) is 116 Å². The van der Waals surface area contributed by atoms with E-state index in [0.29, 0.717) is 11.3 Å². The van der Waals surface area contributed by atoms with E-state index in [0.717, 1.165) is 6.21 Å². The SMILES string of the molecule is N=Cc1cc(C(=O)NCC(=O)O)ccc1N. The maximum Gasteiger partial charge on any atom is 0.322 e. The monoisotopic (exact) mass is 221 g/mol. The smallest absolute Gasteiger partial charge is 0.322 e. The molecule has 6 nitrogen and oxygen atoms in total. The average molecular weight is 221 g/mol. The summed E-state index contributed by atoms with van der Waals surface area (Å²) < 4.78 is 0. The van der Waals surface area contributed by atoms with Crippen LogP contribution in [0.15, 0.2) is 18.2 Å². The summed E-state index contributed by atoms with van der Waals surface area (Å²) in [6.45, 7) is -0.441. The second kappa shape index (κ2) is 4.92. The second-order valence-corrected chi connectivity index (χ2v) is 3.06. The third-order valence-electron chi connectivity index (χ3n) is 1.90. The van der Waals surface area contributed by atoms with Gasteiger partial charge in [-0.1, -0.05) is 0 Å². The molecule has 1 aromatic rings. The van der Waals surface area contributed by atoms with Crippen molar-refractivity contribution in [1.29, 1.82) is 5.41 Å². The first-order chi connectivity index (χ1) is 7.54. The standard InChI is InChI=1S/C10H11N3O3/c11-4-7-3-6(1-2-8(7)12)10(16)13-5-9(14)15/h1-4,11H,5,12H2,(H,13,16)(H,14,15). The Bertz CT molecular complexity index is 443. The Morgan fingerprint density at radius 2 is 2.19 bits per heavy atom. The Kier molecular flexibility index (Phi) is 3.60. The molecule has 84 valence electrons. The summed E-state index contributed by atoms with van der Waals surface area (Å²) in [6.07, 6.45) is 1.03. The summed E-state index contributed by atoms with van der Waals surface area (Å²) in [5.41, 5.74) is 6.63. The Morgan fingerprint density at radius 1 is 1.50 bits per heavy atom. The lowest BCUT2D eigenvalue weighted by Gasteiger charge is -2.05. The van der Waals surface area contributed by atoms with Crippen LogP contribution in [0, 0.1) is 5.41 Å². The summed E-state index contributed by atoms with van der Waals surface area (Å²) >= 11 is 0. The fourth-order valence-electron chi connectivity index (χ4n) is 1.10. The molecule has 0 heterocycles. The maximum atomic E-state index is 11.4. The van der Waals surface area contributed by atoms with Gasteiger partial charge in [0.1, 0.15) is 6.54 Å². The minimum Gasteiger partial charge on any atom is -0.480 e. The van der Waals surface area contributed by atoms with Gasteiger partial charge in [0.2, 0.25) is 0 Å². The fourth-order valence-corrected chi connectivity index (χ4v) is 1.10. The number of carbonyl (C=O) groups excluding carboxylic acids is 1. The number of nitrogen functional groups attached to an aromatic ring is 1. The predicted molar refractivity (Wildman–Crippen MR) is 58.7 cm³/mol. The Balaban J connectivity index is 2.84. The third kappa shape index (κ3) is 2.81. The number of rotatable bonds is 4. The Morgan fingerprint density at radius 3 is 2.75 bits per heavy atom. The van der Waals surface area contributed by atoms with E-state index >= 15 is 0 Å². The van der Waals surface area contributed by atoms with E-state index in [9.17, 15) is 9.59 Å². The lowest BCUT2D eigenvalue weighted by molar-refractivity contribution is -0.135. The van der Waals surface area contributed by atoms with Crippen LogP contribution >= 0.6 is 0 Å². The number of hydrogen-bond donors (Lipinski definition) is 4. The zero-order valence-corrected chi connectivity index (χ0v) is 8.36. The van der Waals surface area contributed by atoms with E-state index in [1.807, 2.05) is 0 Å². The third-order valence-corrected chi connectivity index (χ3v) is 1.90. The highest BCUT2D eigenvalue weighted by Crippen LogP contribution is 2.11. The number of amides is 1. The molecule has 0 unspecified atom stereocenters. The van der Waals surface area contributed by atoms with Crippen molar-refractivity contribution in [3.8, 4) is 0 Å². The van der Waals surface area contributed by atoms with Crippen molar-refractivity contribution in [3.05, 3.63) is 29.3 Å². The van der Waals surface area contributed by atoms with Crippen LogP contribution in [0.2, 0.25) is 0 Å². The lowest BCUT2D eigenvalue weighted by Crippen LogP contribution is -2.29. The first-order valence-corrected chi connectivity index (χ1v) is 4.44. The molecule has 0 spiro atoms. The fraction of sp³-hybridized carbons (Fsp3) is 0.100. The first kappa shape index (κ1) is 11.7. The molecule has 16 heavy (non-hydrogen) atoms. The molecule has 1 rings (SSSR count). The van der Waals surface area contributed by atoms with E-state index in [1.54, 1.807) is 0 Å². The molecule has 0 saturated carbocycles. The number of hydrogen-bond acceptors (Lipinski definition) is 4. The molecule has 0 fully saturated rings. The van der Waals surface area contributed by atoms with E-state index in [-0.39, 0.29) is 5.56 Å². The number of nitrogens with one attached hydrogen (secondary N) is 2. The molecule has 0 saturated heterocycles. The van der Waals surface area contributed by atoms with Gasteiger partial charge in [-0.3, -0.25) is 9.59 Å². The minimum absolute atomic E-state index is 0.272. The molecule has 5 N–H and O–H groups in total. The maximum absolute atomic E-state index is 11.4. The molecule has 0 bridgehead atoms. The van der Waals surface area contributed by atoms with Crippen molar-refractivity contribution >= 4 is 23.8 Å². The Hall–Kier alpha value is -2.37. The number of anilines is 1. The molecule has 0 aliphatic rings. The highest BCUT2D eigenvalue weighted by atomic mass is 16.4. The van der Waals surface area contributed by atoms with E-state index in [1.165, 1.54) is 18.2 Å². The number of nitrogens with two attached hydrogens (primary N) is 1. The highest BCUT2D eigenvalue weighted by molar-refractivity contribution is 5.98. The molecular weight excluding hydrogens is 210 g/mol. The van der Waals surface area contributed by atoms with Gasteiger partial charge in [-0.05, 0) is 18.2 Å². The van der Waals surface area contributed by atoms with Gasteiger partial charge in [0.15, 0.2) is 0 Å². The van der Waals surface area contributed by atoms with Crippen LogP contribution in [0.1, 0.15) is 15.9 Å². The minimum atomic E-state index is -1.11. The molecule has 0 atom stereocenters. The quantitative estimate of drug-likeness (QED) is 0.425. The van der Waals surface area contributed by atoms with Gasteiger partial charge < -0.3 is 21.6 Å². The van der Waals surface area contributed by atoms with Crippen LogP contribution < -0.4 is 11.1 Å². The van der Waals surface area contributed by atoms with Gasteiger partial charge in [0, 0.05) is 23.0 Å². The summed E-state index contributed by atoms with van der Waals surface area (Å²) in [5.74, 6) is -1.62. The van der Waals surface area contributed by atoms with Crippen LogP contribution in [-0.2, 0) is 4.79 Å². The summed E-state index contributed by atoms with van der Waals surface area (Å²) in [6, 6.07) is 4.40. The summed E-state index contributed by atoms with van der Waals surface area (Å²) in [5, 5.41) is 17.7. The second-order valence-electron chi connectivity index (χ2n) is 3.06. The molecule has 1 amide bonds. The van der Waals surface area contributed by atoms with E-state index < -0.39 is 18.4 Å². The molecule has 6 heteroatoms. The number of aliphatic carboxylic acids is 1. The number of carboxylic acid groups (broad SMARTS) is 1. The van der Waals surface area contributed by atoms with Gasteiger partial charge in [-0.15, -0.1) is 0 Å². The van der Waals surface area contributed by atoms with Crippen molar-refractivity contribution in [2.24, 2.45) is 0 Å². The average Bonchev–Trinajstić information content (AvgIpc) is 2.26. The van der Waals surface area contributed by atoms with Crippen molar-refractivity contribution in [2.45, 2.75) is 0 Å². The molecule has 0 aliphatic carbocycles. The van der Waals surface area contributed by atoms with Gasteiger partial charge >= 0.3 is 5.97 Å². The number of carboxylic acids is 1. The summed E-state index contributed by atoms with van der Waals surface area (Å²) in [4.78, 5) is 21.7. The van der Waals surface area contributed by atoms with Crippen molar-refractivity contribution < 1.29 is 14.7 Å².